The Labute approximate surface area is 221 Å². The van der Waals surface area contributed by atoms with E-state index in [1.165, 1.54) is 45.5 Å². The normalized spacial score (nSPS) is 23.2. The Hall–Kier alpha value is -3.54. The van der Waals surface area contributed by atoms with E-state index < -0.39 is 38.9 Å². The number of Topliss-reactive ketones (excluding diaryl/α,β-unsaturated/α-hetero) is 1. The van der Waals surface area contributed by atoms with Crippen molar-refractivity contribution in [3.63, 3.8) is 0 Å². The van der Waals surface area contributed by atoms with E-state index in [9.17, 15) is 27.9 Å². The van der Waals surface area contributed by atoms with Crippen molar-refractivity contribution in [3.05, 3.63) is 65.2 Å². The summed E-state index contributed by atoms with van der Waals surface area (Å²) in [7, 11) is -0.612. The highest BCUT2D eigenvalue weighted by atomic mass is 32.2. The fourth-order valence-electron chi connectivity index (χ4n) is 5.64. The lowest BCUT2D eigenvalue weighted by molar-refractivity contribution is -0.143. The van der Waals surface area contributed by atoms with Gasteiger partial charge in [0.1, 0.15) is 5.76 Å². The minimum absolute atomic E-state index is 0.0517. The summed E-state index contributed by atoms with van der Waals surface area (Å²) >= 11 is 0. The summed E-state index contributed by atoms with van der Waals surface area (Å²) in [6, 6.07) is 12.3. The lowest BCUT2D eigenvalue weighted by atomic mass is 9.82. The Morgan fingerprint density at radius 2 is 1.68 bits per heavy atom. The van der Waals surface area contributed by atoms with Crippen LogP contribution in [-0.4, -0.2) is 80.7 Å². The second-order valence-corrected chi connectivity index (χ2v) is 11.5. The highest BCUT2D eigenvalue weighted by Gasteiger charge is 2.66. The molecule has 2 saturated heterocycles. The SMILES string of the molecule is COCCCN1C(=O)C(=O)/C(=C(\O)c2ccc(S(=O)(=O)N3CCCC3)cc2)C12C(=O)N(C)c1ccccc12. The molecule has 5 rings (SSSR count). The molecule has 2 aromatic rings. The lowest BCUT2D eigenvalue weighted by Gasteiger charge is -2.34. The van der Waals surface area contributed by atoms with Crippen molar-refractivity contribution >= 4 is 39.1 Å². The van der Waals surface area contributed by atoms with Gasteiger partial charge in [-0.05, 0) is 49.6 Å². The zero-order valence-corrected chi connectivity index (χ0v) is 22.0. The van der Waals surface area contributed by atoms with Crippen LogP contribution in [0.3, 0.4) is 0 Å². The van der Waals surface area contributed by atoms with Crippen molar-refractivity contribution in [2.75, 3.05) is 45.3 Å². The Balaban J connectivity index is 1.66. The number of aliphatic hydroxyl groups excluding tert-OH is 1. The number of aliphatic hydroxyl groups is 1. The molecule has 1 spiro atoms. The van der Waals surface area contributed by atoms with E-state index in [1.807, 2.05) is 0 Å². The number of likely N-dealkylation sites (tertiary alicyclic amines) is 1. The molecule has 3 aliphatic heterocycles. The second-order valence-electron chi connectivity index (χ2n) is 9.58. The largest absolute Gasteiger partial charge is 0.507 e. The number of rotatable bonds is 7. The number of amides is 2. The van der Waals surface area contributed by atoms with Gasteiger partial charge in [-0.3, -0.25) is 14.4 Å². The van der Waals surface area contributed by atoms with Crippen LogP contribution in [0.15, 0.2) is 59.0 Å². The number of hydrogen-bond acceptors (Lipinski definition) is 7. The number of methoxy groups -OCH3 is 1. The Bertz CT molecular complexity index is 1450. The summed E-state index contributed by atoms with van der Waals surface area (Å²) in [6.45, 7) is 1.26. The van der Waals surface area contributed by atoms with Crippen molar-refractivity contribution in [1.82, 2.24) is 9.21 Å². The monoisotopic (exact) mass is 539 g/mol. The maximum Gasteiger partial charge on any atom is 0.296 e. The van der Waals surface area contributed by atoms with Gasteiger partial charge in [0.15, 0.2) is 5.54 Å². The smallest absolute Gasteiger partial charge is 0.296 e. The van der Waals surface area contributed by atoms with Gasteiger partial charge in [-0.15, -0.1) is 0 Å². The number of nitrogens with zero attached hydrogens (tertiary/aromatic N) is 3. The molecule has 10 nitrogen and oxygen atoms in total. The van der Waals surface area contributed by atoms with Crippen molar-refractivity contribution in [3.8, 4) is 0 Å². The summed E-state index contributed by atoms with van der Waals surface area (Å²) in [5.41, 5.74) is -1.12. The average Bonchev–Trinajstić information content (AvgIpc) is 3.60. The summed E-state index contributed by atoms with van der Waals surface area (Å²) in [5, 5.41) is 11.5. The van der Waals surface area contributed by atoms with Crippen LogP contribution in [0.25, 0.3) is 5.76 Å². The molecule has 2 fully saturated rings. The molecule has 3 aliphatic rings. The standard InChI is InChI=1S/C27H29N3O7S/c1-28-21-9-4-3-8-20(21)27(26(28)34)22(24(32)25(33)30(27)16-7-17-37-2)23(31)18-10-12-19(13-11-18)38(35,36)29-14-5-6-15-29/h3-4,8-13,31H,5-7,14-17H2,1-2H3/b23-22+. The Morgan fingerprint density at radius 1 is 1.03 bits per heavy atom. The van der Waals surface area contributed by atoms with E-state index >= 15 is 0 Å². The van der Waals surface area contributed by atoms with Crippen LogP contribution < -0.4 is 4.90 Å². The zero-order chi connectivity index (χ0) is 27.2. The number of benzene rings is 2. The molecule has 1 N–H and O–H groups in total. The fourth-order valence-corrected chi connectivity index (χ4v) is 7.16. The van der Waals surface area contributed by atoms with Crippen LogP contribution in [0.4, 0.5) is 5.69 Å². The van der Waals surface area contributed by atoms with Crippen molar-refractivity contribution < 1.29 is 32.6 Å². The predicted molar refractivity (Wildman–Crippen MR) is 139 cm³/mol. The third-order valence-corrected chi connectivity index (χ3v) is 9.41. The first-order valence-electron chi connectivity index (χ1n) is 12.4. The minimum atomic E-state index is -3.69. The zero-order valence-electron chi connectivity index (χ0n) is 21.2. The van der Waals surface area contributed by atoms with Crippen molar-refractivity contribution in [2.24, 2.45) is 0 Å². The molecule has 0 saturated carbocycles. The number of carbonyl (C=O) groups excluding carboxylic acids is 3. The summed E-state index contributed by atoms with van der Waals surface area (Å²) in [6.07, 6.45) is 1.97. The first kappa shape index (κ1) is 26.1. The van der Waals surface area contributed by atoms with E-state index in [4.69, 9.17) is 4.74 Å². The first-order valence-corrected chi connectivity index (χ1v) is 13.9. The van der Waals surface area contributed by atoms with Gasteiger partial charge in [0.2, 0.25) is 10.0 Å². The summed E-state index contributed by atoms with van der Waals surface area (Å²) < 4.78 is 32.4. The van der Waals surface area contributed by atoms with E-state index in [-0.39, 0.29) is 22.6 Å². The topological polar surface area (TPSA) is 125 Å². The van der Waals surface area contributed by atoms with Gasteiger partial charge >= 0.3 is 0 Å². The maximum absolute atomic E-state index is 13.9. The fraction of sp³-hybridized carbons (Fsp3) is 0.370. The molecular weight excluding hydrogens is 510 g/mol. The van der Waals surface area contributed by atoms with Crippen LogP contribution in [0.2, 0.25) is 0 Å². The molecule has 1 unspecified atom stereocenters. The van der Waals surface area contributed by atoms with E-state index in [1.54, 1.807) is 31.3 Å². The van der Waals surface area contributed by atoms with Crippen LogP contribution in [0.1, 0.15) is 30.4 Å². The molecule has 0 aliphatic carbocycles. The first-order chi connectivity index (χ1) is 18.2. The Morgan fingerprint density at radius 3 is 2.34 bits per heavy atom. The number of carbonyl (C=O) groups is 3. The van der Waals surface area contributed by atoms with Gasteiger partial charge < -0.3 is 19.6 Å². The molecule has 0 aromatic heterocycles. The summed E-state index contributed by atoms with van der Waals surface area (Å²) in [5.74, 6) is -2.95. The number of anilines is 1. The molecule has 0 radical (unpaired) electrons. The quantitative estimate of drug-likeness (QED) is 0.247. The number of para-hydroxylation sites is 1. The lowest BCUT2D eigenvalue weighted by Crippen LogP contribution is -2.51. The van der Waals surface area contributed by atoms with Gasteiger partial charge in [0.25, 0.3) is 17.6 Å². The van der Waals surface area contributed by atoms with Crippen molar-refractivity contribution in [1.29, 1.82) is 0 Å². The predicted octanol–water partition coefficient (Wildman–Crippen LogP) is 2.06. The molecule has 11 heteroatoms. The van der Waals surface area contributed by atoms with E-state index in [2.05, 4.69) is 0 Å². The Kier molecular flexibility index (Phi) is 6.62. The van der Waals surface area contributed by atoms with E-state index in [0.717, 1.165) is 12.8 Å². The molecule has 3 heterocycles. The van der Waals surface area contributed by atoms with Gasteiger partial charge in [0, 0.05) is 57.2 Å². The van der Waals surface area contributed by atoms with Gasteiger partial charge in [0.05, 0.1) is 10.5 Å². The molecule has 1 atom stereocenters. The average molecular weight is 540 g/mol. The summed E-state index contributed by atoms with van der Waals surface area (Å²) in [4.78, 5) is 43.4. The third-order valence-electron chi connectivity index (χ3n) is 7.50. The number of hydrogen-bond donors (Lipinski definition) is 1. The molecule has 200 valence electrons. The molecule has 2 aromatic carbocycles. The highest BCUT2D eigenvalue weighted by Crippen LogP contribution is 2.53. The van der Waals surface area contributed by atoms with Gasteiger partial charge in [-0.2, -0.15) is 4.31 Å². The molecule has 2 amide bonds. The van der Waals surface area contributed by atoms with Gasteiger partial charge in [-0.1, -0.05) is 18.2 Å². The van der Waals surface area contributed by atoms with Crippen molar-refractivity contribution in [2.45, 2.75) is 29.7 Å². The third kappa shape index (κ3) is 3.68. The molecule has 0 bridgehead atoms. The number of ether oxygens (including phenoxy) is 1. The molecular formula is C27H29N3O7S. The number of sulfonamides is 1. The van der Waals surface area contributed by atoms with Crippen LogP contribution in [0.5, 0.6) is 0 Å². The number of fused-ring (bicyclic) bond motifs is 2. The maximum atomic E-state index is 13.9. The van der Waals surface area contributed by atoms with Crippen LogP contribution in [-0.2, 0) is 34.7 Å². The number of ketones is 1. The minimum Gasteiger partial charge on any atom is -0.507 e. The van der Waals surface area contributed by atoms with Crippen LogP contribution in [0, 0.1) is 0 Å². The van der Waals surface area contributed by atoms with Gasteiger partial charge in [-0.25, -0.2) is 8.42 Å². The second kappa shape index (κ2) is 9.64. The van der Waals surface area contributed by atoms with E-state index in [0.29, 0.717) is 37.4 Å². The molecule has 38 heavy (non-hydrogen) atoms. The van der Waals surface area contributed by atoms with Crippen LogP contribution >= 0.6 is 0 Å². The highest BCUT2D eigenvalue weighted by molar-refractivity contribution is 7.89. The number of likely N-dealkylation sites (N-methyl/N-ethyl adjacent to an activating group) is 1.